The van der Waals surface area contributed by atoms with Crippen LogP contribution in [0.3, 0.4) is 0 Å². The quantitative estimate of drug-likeness (QED) is 0.845. The van der Waals surface area contributed by atoms with E-state index in [1.165, 1.54) is 4.90 Å². The molecule has 1 fully saturated rings. The van der Waals surface area contributed by atoms with E-state index in [1.807, 2.05) is 25.6 Å². The van der Waals surface area contributed by atoms with Crippen LogP contribution in [0, 0.1) is 5.92 Å². The smallest absolute Gasteiger partial charge is 0.323 e. The van der Waals surface area contributed by atoms with E-state index in [0.717, 1.165) is 31.0 Å². The van der Waals surface area contributed by atoms with Crippen molar-refractivity contribution >= 4 is 23.8 Å². The number of thioether (sulfide) groups is 1. The van der Waals surface area contributed by atoms with Crippen molar-refractivity contribution in [3.63, 3.8) is 0 Å². The number of urea groups is 1. The largest absolute Gasteiger partial charge is 0.480 e. The summed E-state index contributed by atoms with van der Waals surface area (Å²) in [5.41, 5.74) is 0. The fourth-order valence-electron chi connectivity index (χ4n) is 1.95. The van der Waals surface area contributed by atoms with E-state index in [1.54, 1.807) is 4.90 Å². The molecule has 1 saturated heterocycles. The van der Waals surface area contributed by atoms with Crippen molar-refractivity contribution in [1.82, 2.24) is 9.80 Å². The standard InChI is InChI=1S/C12H22N2O3S/c1-10(2)8-14(9-11(15)16)12(17)13-4-3-6-18-7-5-13/h10H,3-9H2,1-2H3,(H,15,16). The molecule has 1 aliphatic rings. The molecule has 18 heavy (non-hydrogen) atoms. The van der Waals surface area contributed by atoms with E-state index in [0.29, 0.717) is 6.54 Å². The number of hydrogen-bond donors (Lipinski definition) is 1. The SMILES string of the molecule is CC(C)CN(CC(=O)O)C(=O)N1CCCSCC1. The lowest BCUT2D eigenvalue weighted by molar-refractivity contribution is -0.137. The Morgan fingerprint density at radius 2 is 2.06 bits per heavy atom. The molecule has 1 heterocycles. The molecule has 104 valence electrons. The van der Waals surface area contributed by atoms with Crippen molar-refractivity contribution in [3.05, 3.63) is 0 Å². The Bertz CT molecular complexity index is 289. The number of nitrogens with zero attached hydrogens (tertiary/aromatic N) is 2. The second kappa shape index (κ2) is 7.51. The van der Waals surface area contributed by atoms with E-state index < -0.39 is 5.97 Å². The Morgan fingerprint density at radius 3 is 2.67 bits per heavy atom. The van der Waals surface area contributed by atoms with Gasteiger partial charge in [0.05, 0.1) is 0 Å². The van der Waals surface area contributed by atoms with E-state index in [-0.39, 0.29) is 18.5 Å². The Morgan fingerprint density at radius 1 is 1.33 bits per heavy atom. The van der Waals surface area contributed by atoms with E-state index in [9.17, 15) is 9.59 Å². The number of carbonyl (C=O) groups is 2. The van der Waals surface area contributed by atoms with Crippen LogP contribution in [0.2, 0.25) is 0 Å². The molecule has 1 aliphatic heterocycles. The van der Waals surface area contributed by atoms with Crippen LogP contribution in [0.5, 0.6) is 0 Å². The van der Waals surface area contributed by atoms with Crippen LogP contribution in [0.15, 0.2) is 0 Å². The first kappa shape index (κ1) is 15.1. The number of rotatable bonds is 4. The maximum Gasteiger partial charge on any atom is 0.323 e. The second-order valence-electron chi connectivity index (χ2n) is 4.90. The predicted molar refractivity (Wildman–Crippen MR) is 73.0 cm³/mol. The molecule has 0 aliphatic carbocycles. The summed E-state index contributed by atoms with van der Waals surface area (Å²) in [5, 5.41) is 8.88. The third-order valence-electron chi connectivity index (χ3n) is 2.67. The molecule has 0 radical (unpaired) electrons. The van der Waals surface area contributed by atoms with Gasteiger partial charge in [-0.05, 0) is 18.1 Å². The zero-order chi connectivity index (χ0) is 13.5. The lowest BCUT2D eigenvalue weighted by Crippen LogP contribution is -2.47. The summed E-state index contributed by atoms with van der Waals surface area (Å²) < 4.78 is 0. The predicted octanol–water partition coefficient (Wildman–Crippen LogP) is 1.59. The van der Waals surface area contributed by atoms with Crippen LogP contribution < -0.4 is 0 Å². The van der Waals surface area contributed by atoms with Crippen molar-refractivity contribution < 1.29 is 14.7 Å². The minimum absolute atomic E-state index is 0.131. The summed E-state index contributed by atoms with van der Waals surface area (Å²) in [6, 6.07) is -0.131. The molecule has 0 spiro atoms. The highest BCUT2D eigenvalue weighted by molar-refractivity contribution is 7.99. The molecule has 0 atom stereocenters. The third kappa shape index (κ3) is 5.16. The molecule has 0 aromatic heterocycles. The first-order chi connectivity index (χ1) is 8.50. The van der Waals surface area contributed by atoms with E-state index in [4.69, 9.17) is 5.11 Å². The number of carboxylic acid groups (broad SMARTS) is 1. The van der Waals surface area contributed by atoms with Crippen LogP contribution in [0.1, 0.15) is 20.3 Å². The fraction of sp³-hybridized carbons (Fsp3) is 0.833. The Hall–Kier alpha value is -0.910. The van der Waals surface area contributed by atoms with Gasteiger partial charge in [0.25, 0.3) is 0 Å². The topological polar surface area (TPSA) is 60.9 Å². The molecule has 2 amide bonds. The molecular formula is C12H22N2O3S. The van der Waals surface area contributed by atoms with Crippen molar-refractivity contribution in [2.75, 3.05) is 37.7 Å². The first-order valence-corrected chi connectivity index (χ1v) is 7.49. The van der Waals surface area contributed by atoms with Gasteiger partial charge in [0.1, 0.15) is 6.54 Å². The summed E-state index contributed by atoms with van der Waals surface area (Å²) in [5.74, 6) is 1.34. The highest BCUT2D eigenvalue weighted by Crippen LogP contribution is 2.12. The third-order valence-corrected chi connectivity index (χ3v) is 3.72. The zero-order valence-electron chi connectivity index (χ0n) is 11.1. The Labute approximate surface area is 113 Å². The summed E-state index contributed by atoms with van der Waals surface area (Å²) in [6.45, 7) is 5.72. The van der Waals surface area contributed by atoms with Gasteiger partial charge in [0.15, 0.2) is 0 Å². The van der Waals surface area contributed by atoms with Gasteiger partial charge in [-0.1, -0.05) is 13.8 Å². The maximum absolute atomic E-state index is 12.3. The van der Waals surface area contributed by atoms with Crippen LogP contribution >= 0.6 is 11.8 Å². The molecule has 1 N–H and O–H groups in total. The summed E-state index contributed by atoms with van der Waals surface area (Å²) >= 11 is 1.85. The molecule has 0 aromatic rings. The highest BCUT2D eigenvalue weighted by atomic mass is 32.2. The van der Waals surface area contributed by atoms with Gasteiger partial charge >= 0.3 is 12.0 Å². The lowest BCUT2D eigenvalue weighted by Gasteiger charge is -2.29. The maximum atomic E-state index is 12.3. The lowest BCUT2D eigenvalue weighted by atomic mass is 10.2. The number of carboxylic acids is 1. The zero-order valence-corrected chi connectivity index (χ0v) is 11.9. The number of aliphatic carboxylic acids is 1. The summed E-state index contributed by atoms with van der Waals surface area (Å²) in [7, 11) is 0. The molecule has 1 rings (SSSR count). The molecular weight excluding hydrogens is 252 g/mol. The molecule has 0 unspecified atom stereocenters. The van der Waals surface area contributed by atoms with Gasteiger partial charge in [0, 0.05) is 25.4 Å². The number of amides is 2. The summed E-state index contributed by atoms with van der Waals surface area (Å²) in [6.07, 6.45) is 0.985. The van der Waals surface area contributed by atoms with Gasteiger partial charge in [-0.2, -0.15) is 11.8 Å². The highest BCUT2D eigenvalue weighted by Gasteiger charge is 2.24. The monoisotopic (exact) mass is 274 g/mol. The fourth-order valence-corrected chi connectivity index (χ4v) is 2.84. The van der Waals surface area contributed by atoms with Gasteiger partial charge in [0.2, 0.25) is 0 Å². The van der Waals surface area contributed by atoms with Crippen molar-refractivity contribution in [2.45, 2.75) is 20.3 Å². The molecule has 6 heteroatoms. The van der Waals surface area contributed by atoms with Crippen LogP contribution in [0.4, 0.5) is 4.79 Å². The Kier molecular flexibility index (Phi) is 6.32. The summed E-state index contributed by atoms with van der Waals surface area (Å²) in [4.78, 5) is 26.4. The van der Waals surface area contributed by atoms with Crippen molar-refractivity contribution in [2.24, 2.45) is 5.92 Å². The minimum Gasteiger partial charge on any atom is -0.480 e. The van der Waals surface area contributed by atoms with E-state index >= 15 is 0 Å². The van der Waals surface area contributed by atoms with Gasteiger partial charge < -0.3 is 14.9 Å². The van der Waals surface area contributed by atoms with Crippen LogP contribution in [-0.2, 0) is 4.79 Å². The average molecular weight is 274 g/mol. The molecule has 0 aromatic carbocycles. The first-order valence-electron chi connectivity index (χ1n) is 6.34. The van der Waals surface area contributed by atoms with Crippen molar-refractivity contribution in [3.8, 4) is 0 Å². The minimum atomic E-state index is -0.951. The van der Waals surface area contributed by atoms with Gasteiger partial charge in [-0.25, -0.2) is 4.79 Å². The van der Waals surface area contributed by atoms with Gasteiger partial charge in [-0.3, -0.25) is 4.79 Å². The normalized spacial score (nSPS) is 16.5. The second-order valence-corrected chi connectivity index (χ2v) is 6.13. The Balaban J connectivity index is 2.63. The average Bonchev–Trinajstić information content (AvgIpc) is 2.54. The van der Waals surface area contributed by atoms with Crippen LogP contribution in [0.25, 0.3) is 0 Å². The van der Waals surface area contributed by atoms with Crippen molar-refractivity contribution in [1.29, 1.82) is 0 Å². The molecule has 5 nitrogen and oxygen atoms in total. The van der Waals surface area contributed by atoms with Gasteiger partial charge in [-0.15, -0.1) is 0 Å². The number of carbonyl (C=O) groups excluding carboxylic acids is 1. The molecule has 0 bridgehead atoms. The number of hydrogen-bond acceptors (Lipinski definition) is 3. The van der Waals surface area contributed by atoms with Crippen LogP contribution in [-0.4, -0.2) is 64.6 Å². The molecule has 0 saturated carbocycles. The van der Waals surface area contributed by atoms with E-state index in [2.05, 4.69) is 0 Å².